The normalized spacial score (nSPS) is 11.2. The number of hydrogen-bond acceptors (Lipinski definition) is 3. The summed E-state index contributed by atoms with van der Waals surface area (Å²) in [6.45, 7) is 8.47. The molecule has 0 aromatic heterocycles. The second-order valence-corrected chi connectivity index (χ2v) is 5.78. The van der Waals surface area contributed by atoms with Crippen LogP contribution in [0.3, 0.4) is 0 Å². The van der Waals surface area contributed by atoms with E-state index in [-0.39, 0.29) is 5.97 Å². The molecule has 0 unspecified atom stereocenters. The first-order valence-corrected chi connectivity index (χ1v) is 6.84. The summed E-state index contributed by atoms with van der Waals surface area (Å²) in [7, 11) is 1.99. The molecule has 0 aliphatic heterocycles. The molecule has 0 atom stereocenters. The van der Waals surface area contributed by atoms with Crippen molar-refractivity contribution >= 4 is 11.7 Å². The molecule has 0 aliphatic rings. The van der Waals surface area contributed by atoms with E-state index in [1.54, 1.807) is 0 Å². The molecule has 3 heteroatoms. The Kier molecular flexibility index (Phi) is 5.40. The zero-order valence-electron chi connectivity index (χ0n) is 12.7. The third kappa shape index (κ3) is 5.77. The lowest BCUT2D eigenvalue weighted by atomic mass is 10.1. The molecule has 0 amide bonds. The summed E-state index contributed by atoms with van der Waals surface area (Å²) < 4.78 is 5.29. The highest BCUT2D eigenvalue weighted by molar-refractivity contribution is 5.70. The van der Waals surface area contributed by atoms with Gasteiger partial charge in [0.25, 0.3) is 0 Å². The van der Waals surface area contributed by atoms with Crippen LogP contribution in [0.25, 0.3) is 0 Å². The van der Waals surface area contributed by atoms with Crippen molar-refractivity contribution in [3.8, 4) is 0 Å². The summed E-state index contributed by atoms with van der Waals surface area (Å²) in [6, 6.07) is 8.43. The summed E-state index contributed by atoms with van der Waals surface area (Å²) in [5.74, 6) is -0.149. The molecule has 1 aromatic carbocycles. The summed E-state index contributed by atoms with van der Waals surface area (Å²) in [5, 5.41) is 0. The number of nitrogens with zero attached hydrogens (tertiary/aromatic N) is 1. The van der Waals surface area contributed by atoms with Crippen LogP contribution in [0.2, 0.25) is 0 Å². The van der Waals surface area contributed by atoms with Crippen LogP contribution in [0, 0.1) is 0 Å². The van der Waals surface area contributed by atoms with Crippen LogP contribution in [0.5, 0.6) is 0 Å². The van der Waals surface area contributed by atoms with Crippen molar-refractivity contribution in [2.45, 2.75) is 46.1 Å². The molecule has 0 spiro atoms. The first-order valence-electron chi connectivity index (χ1n) is 6.84. The van der Waals surface area contributed by atoms with E-state index in [1.807, 2.05) is 27.8 Å². The van der Waals surface area contributed by atoms with Gasteiger partial charge in [0.05, 0.1) is 6.42 Å². The lowest BCUT2D eigenvalue weighted by Gasteiger charge is -2.22. The maximum atomic E-state index is 11.6. The molecular weight excluding hydrogens is 238 g/mol. The van der Waals surface area contributed by atoms with Crippen molar-refractivity contribution in [3.05, 3.63) is 29.8 Å². The predicted octanol–water partition coefficient (Wildman–Crippen LogP) is 3.42. The molecular formula is C16H25NO2. The van der Waals surface area contributed by atoms with Crippen molar-refractivity contribution in [3.63, 3.8) is 0 Å². The number of benzene rings is 1. The van der Waals surface area contributed by atoms with Gasteiger partial charge in [-0.15, -0.1) is 0 Å². The van der Waals surface area contributed by atoms with Crippen molar-refractivity contribution in [1.82, 2.24) is 0 Å². The van der Waals surface area contributed by atoms with Gasteiger partial charge >= 0.3 is 5.97 Å². The largest absolute Gasteiger partial charge is 0.460 e. The standard InChI is InChI=1S/C16H25NO2/c1-6-13-7-9-14(10-8-13)17(5)12-11-15(18)19-16(2,3)4/h7-10H,6,11-12H2,1-5H3. The Bertz CT molecular complexity index is 404. The fourth-order valence-corrected chi connectivity index (χ4v) is 1.77. The van der Waals surface area contributed by atoms with Crippen molar-refractivity contribution < 1.29 is 9.53 Å². The molecule has 19 heavy (non-hydrogen) atoms. The maximum Gasteiger partial charge on any atom is 0.308 e. The lowest BCUT2D eigenvalue weighted by Crippen LogP contribution is -2.27. The Morgan fingerprint density at radius 3 is 2.26 bits per heavy atom. The van der Waals surface area contributed by atoms with Crippen LogP contribution >= 0.6 is 0 Å². The fraction of sp³-hybridized carbons (Fsp3) is 0.562. The van der Waals surface area contributed by atoms with Gasteiger partial charge < -0.3 is 9.64 Å². The minimum atomic E-state index is -0.404. The molecule has 0 aliphatic carbocycles. The first-order chi connectivity index (χ1) is 8.81. The smallest absolute Gasteiger partial charge is 0.308 e. The number of carbonyl (C=O) groups excluding carboxylic acids is 1. The van der Waals surface area contributed by atoms with Gasteiger partial charge in [-0.25, -0.2) is 0 Å². The number of carbonyl (C=O) groups is 1. The number of rotatable bonds is 5. The molecule has 0 N–H and O–H groups in total. The average molecular weight is 263 g/mol. The minimum Gasteiger partial charge on any atom is -0.460 e. The molecule has 0 heterocycles. The summed E-state index contributed by atoms with van der Waals surface area (Å²) in [4.78, 5) is 13.7. The zero-order chi connectivity index (χ0) is 14.5. The van der Waals surface area contributed by atoms with E-state index in [2.05, 4.69) is 36.1 Å². The van der Waals surface area contributed by atoms with E-state index >= 15 is 0 Å². The minimum absolute atomic E-state index is 0.149. The predicted molar refractivity (Wildman–Crippen MR) is 79.6 cm³/mol. The molecule has 3 nitrogen and oxygen atoms in total. The Balaban J connectivity index is 2.46. The van der Waals surface area contributed by atoms with E-state index in [0.29, 0.717) is 13.0 Å². The number of anilines is 1. The topological polar surface area (TPSA) is 29.5 Å². The monoisotopic (exact) mass is 263 g/mol. The number of hydrogen-bond donors (Lipinski definition) is 0. The van der Waals surface area contributed by atoms with Crippen LogP contribution in [0.15, 0.2) is 24.3 Å². The van der Waals surface area contributed by atoms with Gasteiger partial charge in [0.2, 0.25) is 0 Å². The van der Waals surface area contributed by atoms with Crippen LogP contribution in [0.4, 0.5) is 5.69 Å². The van der Waals surface area contributed by atoms with Crippen molar-refractivity contribution in [1.29, 1.82) is 0 Å². The van der Waals surface area contributed by atoms with Gasteiger partial charge in [-0.3, -0.25) is 4.79 Å². The number of aryl methyl sites for hydroxylation is 1. The van der Waals surface area contributed by atoms with E-state index in [4.69, 9.17) is 4.74 Å². The Labute approximate surface area is 116 Å². The van der Waals surface area contributed by atoms with Crippen molar-refractivity contribution in [2.24, 2.45) is 0 Å². The Morgan fingerprint density at radius 1 is 1.21 bits per heavy atom. The summed E-state index contributed by atoms with van der Waals surface area (Å²) in [5.41, 5.74) is 2.04. The van der Waals surface area contributed by atoms with E-state index < -0.39 is 5.60 Å². The highest BCUT2D eigenvalue weighted by Crippen LogP contribution is 2.15. The van der Waals surface area contributed by atoms with Gasteiger partial charge in [-0.05, 0) is 44.9 Å². The maximum absolute atomic E-state index is 11.6. The Hall–Kier alpha value is -1.51. The first kappa shape index (κ1) is 15.5. The third-order valence-corrected chi connectivity index (χ3v) is 2.86. The molecule has 0 fully saturated rings. The molecule has 1 aromatic rings. The van der Waals surface area contributed by atoms with Gasteiger partial charge in [-0.2, -0.15) is 0 Å². The lowest BCUT2D eigenvalue weighted by molar-refractivity contribution is -0.154. The second-order valence-electron chi connectivity index (χ2n) is 5.78. The summed E-state index contributed by atoms with van der Waals surface area (Å²) in [6.07, 6.45) is 1.45. The molecule has 0 saturated heterocycles. The molecule has 0 saturated carbocycles. The quantitative estimate of drug-likeness (QED) is 0.762. The van der Waals surface area contributed by atoms with Crippen LogP contribution in [0.1, 0.15) is 39.7 Å². The Morgan fingerprint density at radius 2 is 1.79 bits per heavy atom. The van der Waals surface area contributed by atoms with Gasteiger partial charge in [-0.1, -0.05) is 19.1 Å². The third-order valence-electron chi connectivity index (χ3n) is 2.86. The SMILES string of the molecule is CCc1ccc(N(C)CCC(=O)OC(C)(C)C)cc1. The van der Waals surface area contributed by atoms with Crippen LogP contribution in [-0.2, 0) is 16.0 Å². The zero-order valence-corrected chi connectivity index (χ0v) is 12.7. The highest BCUT2D eigenvalue weighted by atomic mass is 16.6. The molecule has 0 bridgehead atoms. The van der Waals surface area contributed by atoms with E-state index in [9.17, 15) is 4.79 Å². The van der Waals surface area contributed by atoms with Crippen molar-refractivity contribution in [2.75, 3.05) is 18.5 Å². The van der Waals surface area contributed by atoms with Gasteiger partial charge in [0, 0.05) is 19.3 Å². The second kappa shape index (κ2) is 6.60. The molecule has 106 valence electrons. The number of esters is 1. The van der Waals surface area contributed by atoms with Crippen LogP contribution in [-0.4, -0.2) is 25.2 Å². The van der Waals surface area contributed by atoms with E-state index in [0.717, 1.165) is 12.1 Å². The molecule has 0 radical (unpaired) electrons. The summed E-state index contributed by atoms with van der Waals surface area (Å²) >= 11 is 0. The van der Waals surface area contributed by atoms with Gasteiger partial charge in [0.1, 0.15) is 5.60 Å². The highest BCUT2D eigenvalue weighted by Gasteiger charge is 2.16. The molecule has 1 rings (SSSR count). The van der Waals surface area contributed by atoms with Crippen LogP contribution < -0.4 is 4.90 Å². The fourth-order valence-electron chi connectivity index (χ4n) is 1.77. The van der Waals surface area contributed by atoms with Gasteiger partial charge in [0.15, 0.2) is 0 Å². The average Bonchev–Trinajstić information content (AvgIpc) is 2.34. The van der Waals surface area contributed by atoms with E-state index in [1.165, 1.54) is 5.56 Å². The number of ether oxygens (including phenoxy) is 1.